The highest BCUT2D eigenvalue weighted by molar-refractivity contribution is 5.77. The zero-order valence-electron chi connectivity index (χ0n) is 18.5. The highest BCUT2D eigenvalue weighted by Crippen LogP contribution is 2.30. The van der Waals surface area contributed by atoms with Crippen LogP contribution in [0.15, 0.2) is 18.2 Å². The molecular formula is C22H31NO8. The normalized spacial score (nSPS) is 12.4. The quantitative estimate of drug-likeness (QED) is 0.387. The minimum atomic E-state index is -0.993. The molecule has 0 aliphatic rings. The van der Waals surface area contributed by atoms with Crippen molar-refractivity contribution in [1.29, 1.82) is 0 Å². The van der Waals surface area contributed by atoms with E-state index >= 15 is 0 Å². The van der Waals surface area contributed by atoms with Crippen LogP contribution in [0, 0.1) is 0 Å². The third kappa shape index (κ3) is 10.1. The predicted molar refractivity (Wildman–Crippen MR) is 111 cm³/mol. The first-order chi connectivity index (χ1) is 14.7. The molecule has 1 aromatic carbocycles. The fourth-order valence-electron chi connectivity index (χ4n) is 2.49. The molecule has 0 aliphatic carbocycles. The molecule has 1 rings (SSSR count). The molecule has 172 valence electrons. The van der Waals surface area contributed by atoms with Gasteiger partial charge >= 0.3 is 23.9 Å². The highest BCUT2D eigenvalue weighted by atomic mass is 16.6. The van der Waals surface area contributed by atoms with Crippen molar-refractivity contribution in [3.63, 3.8) is 0 Å². The summed E-state index contributed by atoms with van der Waals surface area (Å²) in [6.45, 7) is 6.46. The van der Waals surface area contributed by atoms with Gasteiger partial charge in [-0.2, -0.15) is 0 Å². The summed E-state index contributed by atoms with van der Waals surface area (Å²) in [4.78, 5) is 46.8. The van der Waals surface area contributed by atoms with Crippen molar-refractivity contribution in [3.8, 4) is 11.5 Å². The molecule has 31 heavy (non-hydrogen) atoms. The van der Waals surface area contributed by atoms with Crippen molar-refractivity contribution in [3.05, 3.63) is 23.8 Å². The lowest BCUT2D eigenvalue weighted by Gasteiger charge is -2.17. The van der Waals surface area contributed by atoms with Crippen LogP contribution in [-0.4, -0.2) is 42.6 Å². The molecule has 9 heteroatoms. The maximum absolute atomic E-state index is 12.2. The van der Waals surface area contributed by atoms with Crippen molar-refractivity contribution in [2.24, 2.45) is 5.73 Å². The van der Waals surface area contributed by atoms with E-state index in [2.05, 4.69) is 0 Å². The first-order valence-corrected chi connectivity index (χ1v) is 10.3. The minimum absolute atomic E-state index is 0.0663. The van der Waals surface area contributed by atoms with E-state index in [1.54, 1.807) is 13.0 Å². The molecule has 0 spiro atoms. The Bertz CT molecular complexity index is 777. The fourth-order valence-corrected chi connectivity index (χ4v) is 2.49. The van der Waals surface area contributed by atoms with E-state index in [4.69, 9.17) is 24.7 Å². The van der Waals surface area contributed by atoms with Gasteiger partial charge in [0.1, 0.15) is 18.8 Å². The smallest absolute Gasteiger partial charge is 0.323 e. The summed E-state index contributed by atoms with van der Waals surface area (Å²) in [5.41, 5.74) is 6.52. The van der Waals surface area contributed by atoms with Crippen molar-refractivity contribution in [2.75, 3.05) is 6.61 Å². The van der Waals surface area contributed by atoms with Crippen LogP contribution in [0.3, 0.4) is 0 Å². The van der Waals surface area contributed by atoms with Crippen molar-refractivity contribution >= 4 is 23.9 Å². The lowest BCUT2D eigenvalue weighted by molar-refractivity contribution is -0.157. The van der Waals surface area contributed by atoms with Crippen LogP contribution in [-0.2, 0) is 35.1 Å². The molecular weight excluding hydrogens is 406 g/mol. The molecule has 0 aliphatic heterocycles. The van der Waals surface area contributed by atoms with Gasteiger partial charge in [-0.1, -0.05) is 19.9 Å². The number of nitrogens with two attached hydrogens (primary N) is 1. The lowest BCUT2D eigenvalue weighted by atomic mass is 10.1. The maximum Gasteiger partial charge on any atom is 0.323 e. The Morgan fingerprint density at radius 3 is 2.10 bits per heavy atom. The average Bonchev–Trinajstić information content (AvgIpc) is 2.68. The topological polar surface area (TPSA) is 131 Å². The van der Waals surface area contributed by atoms with Crippen LogP contribution < -0.4 is 15.2 Å². The largest absolute Gasteiger partial charge is 0.462 e. The molecule has 0 bridgehead atoms. The summed E-state index contributed by atoms with van der Waals surface area (Å²) < 4.78 is 20.6. The Hall–Kier alpha value is -2.94. The van der Waals surface area contributed by atoms with E-state index < -0.39 is 36.0 Å². The van der Waals surface area contributed by atoms with E-state index in [-0.39, 0.29) is 37.4 Å². The summed E-state index contributed by atoms with van der Waals surface area (Å²) >= 11 is 0. The molecule has 0 aromatic heterocycles. The Kier molecular flexibility index (Phi) is 11.3. The number of ether oxygens (including phenoxy) is 4. The summed E-state index contributed by atoms with van der Waals surface area (Å²) in [5.74, 6) is -1.83. The number of hydrogen-bond donors (Lipinski definition) is 1. The predicted octanol–water partition coefficient (Wildman–Crippen LogP) is 2.46. The molecule has 1 aromatic rings. The standard InChI is InChI=1S/C22H31NO8/c1-5-7-20(25)30-18-10-9-16(12-19(18)31-21(26)8-6-2)11-17(23)22(27)29-14(3)13-28-15(4)24/h9-10,12,14,17H,5-8,11,13,23H2,1-4H3/t14-,17-/m0/s1. The monoisotopic (exact) mass is 437 g/mol. The molecule has 9 nitrogen and oxygen atoms in total. The third-order valence-electron chi connectivity index (χ3n) is 3.96. The molecule has 0 radical (unpaired) electrons. The van der Waals surface area contributed by atoms with Gasteiger partial charge in [0.05, 0.1) is 0 Å². The van der Waals surface area contributed by atoms with Crippen LogP contribution >= 0.6 is 0 Å². The second-order valence-corrected chi connectivity index (χ2v) is 7.09. The SMILES string of the molecule is CCCC(=O)Oc1ccc(C[C@H](N)C(=O)O[C@@H](C)COC(C)=O)cc1OC(=O)CCC. The van der Waals surface area contributed by atoms with Crippen LogP contribution in [0.1, 0.15) is 58.9 Å². The first kappa shape index (κ1) is 26.1. The number of carbonyl (C=O) groups excluding carboxylic acids is 4. The van der Waals surface area contributed by atoms with Crippen molar-refractivity contribution in [1.82, 2.24) is 0 Å². The summed E-state index contributed by atoms with van der Waals surface area (Å²) in [6.07, 6.45) is 1.11. The van der Waals surface area contributed by atoms with E-state index in [9.17, 15) is 19.2 Å². The van der Waals surface area contributed by atoms with Crippen LogP contribution in [0.4, 0.5) is 0 Å². The Balaban J connectivity index is 2.88. The van der Waals surface area contributed by atoms with E-state index in [0.717, 1.165) is 0 Å². The Labute approximate surface area is 182 Å². The van der Waals surface area contributed by atoms with Gasteiger partial charge in [-0.25, -0.2) is 0 Å². The van der Waals surface area contributed by atoms with Gasteiger partial charge in [0.2, 0.25) is 0 Å². The van der Waals surface area contributed by atoms with Crippen molar-refractivity contribution < 1.29 is 38.1 Å². The number of carbonyl (C=O) groups is 4. The van der Waals surface area contributed by atoms with Gasteiger partial charge in [0.25, 0.3) is 0 Å². The number of esters is 4. The lowest BCUT2D eigenvalue weighted by Crippen LogP contribution is -2.37. The molecule has 2 atom stereocenters. The maximum atomic E-state index is 12.2. The van der Waals surface area contributed by atoms with E-state index in [1.165, 1.54) is 19.1 Å². The molecule has 0 heterocycles. The molecule has 0 amide bonds. The van der Waals surface area contributed by atoms with Gasteiger partial charge < -0.3 is 24.7 Å². The van der Waals surface area contributed by atoms with Crippen LogP contribution in [0.5, 0.6) is 11.5 Å². The number of benzene rings is 1. The zero-order valence-corrected chi connectivity index (χ0v) is 18.5. The summed E-state index contributed by atoms with van der Waals surface area (Å²) in [6, 6.07) is 3.64. The van der Waals surface area contributed by atoms with Crippen LogP contribution in [0.25, 0.3) is 0 Å². The molecule has 0 saturated heterocycles. The summed E-state index contributed by atoms with van der Waals surface area (Å²) in [7, 11) is 0. The Morgan fingerprint density at radius 1 is 0.968 bits per heavy atom. The first-order valence-electron chi connectivity index (χ1n) is 10.3. The van der Waals surface area contributed by atoms with E-state index in [0.29, 0.717) is 18.4 Å². The van der Waals surface area contributed by atoms with Gasteiger partial charge in [-0.05, 0) is 43.9 Å². The third-order valence-corrected chi connectivity index (χ3v) is 3.96. The summed E-state index contributed by atoms with van der Waals surface area (Å²) in [5, 5.41) is 0. The number of rotatable bonds is 12. The second kappa shape index (κ2) is 13.4. The average molecular weight is 437 g/mol. The Morgan fingerprint density at radius 2 is 1.55 bits per heavy atom. The van der Waals surface area contributed by atoms with Gasteiger partial charge in [0, 0.05) is 19.8 Å². The van der Waals surface area contributed by atoms with Gasteiger partial charge in [-0.3, -0.25) is 19.2 Å². The minimum Gasteiger partial charge on any atom is -0.462 e. The van der Waals surface area contributed by atoms with Gasteiger partial charge in [0.15, 0.2) is 11.5 Å². The molecule has 2 N–H and O–H groups in total. The fraction of sp³-hybridized carbons (Fsp3) is 0.545. The van der Waals surface area contributed by atoms with Gasteiger partial charge in [-0.15, -0.1) is 0 Å². The van der Waals surface area contributed by atoms with Crippen molar-refractivity contribution in [2.45, 2.75) is 71.9 Å². The number of hydrogen-bond acceptors (Lipinski definition) is 9. The molecule has 0 fully saturated rings. The zero-order chi connectivity index (χ0) is 23.4. The highest BCUT2D eigenvalue weighted by Gasteiger charge is 2.21. The van der Waals surface area contributed by atoms with Crippen LogP contribution in [0.2, 0.25) is 0 Å². The van der Waals surface area contributed by atoms with E-state index in [1.807, 2.05) is 13.8 Å². The molecule has 0 unspecified atom stereocenters. The molecule has 0 saturated carbocycles. The second-order valence-electron chi connectivity index (χ2n) is 7.09.